The quantitative estimate of drug-likeness (QED) is 0.905. The second-order valence-corrected chi connectivity index (χ2v) is 6.38. The van der Waals surface area contributed by atoms with E-state index in [2.05, 4.69) is 50.8 Å². The molecule has 3 heteroatoms. The average Bonchev–Trinajstić information content (AvgIpc) is 2.65. The van der Waals surface area contributed by atoms with Gasteiger partial charge in [-0.1, -0.05) is 32.0 Å². The fourth-order valence-electron chi connectivity index (χ4n) is 3.06. The van der Waals surface area contributed by atoms with E-state index in [9.17, 15) is 9.90 Å². The summed E-state index contributed by atoms with van der Waals surface area (Å²) >= 11 is 0. The van der Waals surface area contributed by atoms with E-state index in [1.807, 2.05) is 6.07 Å². The number of rotatable bonds is 3. The van der Waals surface area contributed by atoms with E-state index in [0.29, 0.717) is 18.9 Å². The fourth-order valence-corrected chi connectivity index (χ4v) is 3.06. The third-order valence-electron chi connectivity index (χ3n) is 4.08. The van der Waals surface area contributed by atoms with Gasteiger partial charge in [-0.15, -0.1) is 0 Å². The van der Waals surface area contributed by atoms with Crippen molar-refractivity contribution in [2.45, 2.75) is 45.6 Å². The molecule has 0 bridgehead atoms. The number of carboxylic acids is 1. The summed E-state index contributed by atoms with van der Waals surface area (Å²) in [5.41, 5.74) is 2.38. The molecule has 0 spiro atoms. The van der Waals surface area contributed by atoms with Gasteiger partial charge in [0.15, 0.2) is 0 Å². The first-order chi connectivity index (χ1) is 8.83. The largest absolute Gasteiger partial charge is 0.481 e. The Kier molecular flexibility index (Phi) is 3.57. The number of carboxylic acid groups (broad SMARTS) is 1. The summed E-state index contributed by atoms with van der Waals surface area (Å²) in [7, 11) is 0. The molecule has 1 aromatic rings. The van der Waals surface area contributed by atoms with Gasteiger partial charge in [0.05, 0.1) is 5.92 Å². The van der Waals surface area contributed by atoms with E-state index in [-0.39, 0.29) is 11.5 Å². The van der Waals surface area contributed by atoms with Crippen LogP contribution in [0.3, 0.4) is 0 Å². The molecule has 104 valence electrons. The highest BCUT2D eigenvalue weighted by Crippen LogP contribution is 2.40. The summed E-state index contributed by atoms with van der Waals surface area (Å²) in [6, 6.07) is 8.34. The fraction of sp³-hybridized carbons (Fsp3) is 0.562. The maximum absolute atomic E-state index is 11.3. The SMILES string of the molecule is CC(C)c1ccccc1N1CC(C(=O)O)CC1(C)C. The minimum Gasteiger partial charge on any atom is -0.481 e. The predicted octanol–water partition coefficient (Wildman–Crippen LogP) is 3.50. The van der Waals surface area contributed by atoms with Crippen molar-refractivity contribution >= 4 is 11.7 Å². The first-order valence-electron chi connectivity index (χ1n) is 6.92. The summed E-state index contributed by atoms with van der Waals surface area (Å²) in [6.45, 7) is 9.22. The van der Waals surface area contributed by atoms with Crippen LogP contribution in [0.1, 0.15) is 45.6 Å². The molecule has 1 saturated heterocycles. The first-order valence-corrected chi connectivity index (χ1v) is 6.92. The Bertz CT molecular complexity index is 479. The minimum atomic E-state index is -0.683. The average molecular weight is 261 g/mol. The van der Waals surface area contributed by atoms with Gasteiger partial charge in [-0.3, -0.25) is 4.79 Å². The van der Waals surface area contributed by atoms with Gasteiger partial charge in [0.25, 0.3) is 0 Å². The zero-order valence-corrected chi connectivity index (χ0v) is 12.2. The molecule has 1 unspecified atom stereocenters. The Morgan fingerprint density at radius 3 is 2.53 bits per heavy atom. The first kappa shape index (κ1) is 13.9. The second kappa shape index (κ2) is 4.87. The molecule has 1 fully saturated rings. The number of aliphatic carboxylic acids is 1. The van der Waals surface area contributed by atoms with Crippen LogP contribution in [0.5, 0.6) is 0 Å². The summed E-state index contributed by atoms with van der Waals surface area (Å²) < 4.78 is 0. The van der Waals surface area contributed by atoms with Gasteiger partial charge in [0.1, 0.15) is 0 Å². The number of hydrogen-bond acceptors (Lipinski definition) is 2. The molecule has 1 heterocycles. The van der Waals surface area contributed by atoms with Crippen molar-refractivity contribution in [2.75, 3.05) is 11.4 Å². The third-order valence-corrected chi connectivity index (χ3v) is 4.08. The van der Waals surface area contributed by atoms with E-state index >= 15 is 0 Å². The highest BCUT2D eigenvalue weighted by atomic mass is 16.4. The normalized spacial score (nSPS) is 21.9. The van der Waals surface area contributed by atoms with Gasteiger partial charge >= 0.3 is 5.97 Å². The van der Waals surface area contributed by atoms with Crippen LogP contribution in [0.2, 0.25) is 0 Å². The predicted molar refractivity (Wildman–Crippen MR) is 77.7 cm³/mol. The van der Waals surface area contributed by atoms with Crippen LogP contribution in [0.25, 0.3) is 0 Å². The van der Waals surface area contributed by atoms with Crippen LogP contribution >= 0.6 is 0 Å². The second-order valence-electron chi connectivity index (χ2n) is 6.38. The molecule has 0 radical (unpaired) electrons. The van der Waals surface area contributed by atoms with Crippen molar-refractivity contribution in [3.63, 3.8) is 0 Å². The molecular weight excluding hydrogens is 238 g/mol. The van der Waals surface area contributed by atoms with Gasteiger partial charge in [-0.05, 0) is 37.8 Å². The van der Waals surface area contributed by atoms with Crippen molar-refractivity contribution in [2.24, 2.45) is 5.92 Å². The maximum Gasteiger partial charge on any atom is 0.308 e. The van der Waals surface area contributed by atoms with Gasteiger partial charge in [0, 0.05) is 17.8 Å². The Morgan fingerprint density at radius 2 is 2.00 bits per heavy atom. The summed E-state index contributed by atoms with van der Waals surface area (Å²) in [6.07, 6.45) is 0.703. The summed E-state index contributed by atoms with van der Waals surface area (Å²) in [5, 5.41) is 9.26. The molecule has 1 N–H and O–H groups in total. The van der Waals surface area contributed by atoms with Crippen molar-refractivity contribution < 1.29 is 9.90 Å². The van der Waals surface area contributed by atoms with Crippen LogP contribution in [0.4, 0.5) is 5.69 Å². The summed E-state index contributed by atoms with van der Waals surface area (Å²) in [5.74, 6) is -0.510. The lowest BCUT2D eigenvalue weighted by Gasteiger charge is -2.35. The number of para-hydroxylation sites is 1. The van der Waals surface area contributed by atoms with Crippen LogP contribution in [-0.2, 0) is 4.79 Å². The number of anilines is 1. The van der Waals surface area contributed by atoms with E-state index in [1.165, 1.54) is 11.3 Å². The van der Waals surface area contributed by atoms with Crippen LogP contribution in [-0.4, -0.2) is 23.2 Å². The van der Waals surface area contributed by atoms with Gasteiger partial charge < -0.3 is 10.0 Å². The molecule has 0 aromatic heterocycles. The lowest BCUT2D eigenvalue weighted by Crippen LogP contribution is -2.38. The lowest BCUT2D eigenvalue weighted by molar-refractivity contribution is -0.141. The van der Waals surface area contributed by atoms with Crippen molar-refractivity contribution in [3.05, 3.63) is 29.8 Å². The van der Waals surface area contributed by atoms with Gasteiger partial charge in [-0.25, -0.2) is 0 Å². The third kappa shape index (κ3) is 2.60. The number of hydrogen-bond donors (Lipinski definition) is 1. The van der Waals surface area contributed by atoms with Crippen LogP contribution < -0.4 is 4.90 Å². The maximum atomic E-state index is 11.3. The number of benzene rings is 1. The molecule has 1 atom stereocenters. The highest BCUT2D eigenvalue weighted by Gasteiger charge is 2.42. The molecule has 3 nitrogen and oxygen atoms in total. The molecule has 0 aliphatic carbocycles. The summed E-state index contributed by atoms with van der Waals surface area (Å²) in [4.78, 5) is 13.5. The van der Waals surface area contributed by atoms with E-state index in [1.54, 1.807) is 0 Å². The van der Waals surface area contributed by atoms with E-state index in [0.717, 1.165) is 0 Å². The highest BCUT2D eigenvalue weighted by molar-refractivity contribution is 5.73. The van der Waals surface area contributed by atoms with E-state index < -0.39 is 5.97 Å². The standard InChI is InChI=1S/C16H23NO2/c1-11(2)13-7-5-6-8-14(13)17-10-12(15(18)19)9-16(17,3)4/h5-8,11-12H,9-10H2,1-4H3,(H,18,19). The van der Waals surface area contributed by atoms with E-state index in [4.69, 9.17) is 0 Å². The van der Waals surface area contributed by atoms with Crippen molar-refractivity contribution in [1.29, 1.82) is 0 Å². The molecule has 2 rings (SSSR count). The Morgan fingerprint density at radius 1 is 1.37 bits per heavy atom. The molecular formula is C16H23NO2. The zero-order chi connectivity index (χ0) is 14.2. The smallest absolute Gasteiger partial charge is 0.308 e. The Balaban J connectivity index is 2.39. The van der Waals surface area contributed by atoms with Gasteiger partial charge in [0.2, 0.25) is 0 Å². The van der Waals surface area contributed by atoms with Crippen LogP contribution in [0, 0.1) is 5.92 Å². The lowest BCUT2D eigenvalue weighted by atomic mass is 9.95. The van der Waals surface area contributed by atoms with Gasteiger partial charge in [-0.2, -0.15) is 0 Å². The molecule has 19 heavy (non-hydrogen) atoms. The van der Waals surface area contributed by atoms with Crippen LogP contribution in [0.15, 0.2) is 24.3 Å². The Labute approximate surface area is 115 Å². The molecule has 1 aliphatic rings. The topological polar surface area (TPSA) is 40.5 Å². The minimum absolute atomic E-state index is 0.103. The zero-order valence-electron chi connectivity index (χ0n) is 12.2. The molecule has 1 aliphatic heterocycles. The molecule has 1 aromatic carbocycles. The number of carbonyl (C=O) groups is 1. The molecule has 0 amide bonds. The number of nitrogens with zero attached hydrogens (tertiary/aromatic N) is 1. The Hall–Kier alpha value is -1.51. The van der Waals surface area contributed by atoms with Crippen molar-refractivity contribution in [1.82, 2.24) is 0 Å². The molecule has 0 saturated carbocycles. The van der Waals surface area contributed by atoms with Crippen molar-refractivity contribution in [3.8, 4) is 0 Å². The monoisotopic (exact) mass is 261 g/mol.